The van der Waals surface area contributed by atoms with Gasteiger partial charge >= 0.3 is 0 Å². The number of nitrogens with one attached hydrogen (secondary N) is 2. The lowest BCUT2D eigenvalue weighted by Crippen LogP contribution is -2.34. The third kappa shape index (κ3) is 4.67. The lowest BCUT2D eigenvalue weighted by atomic mass is 10.1. The van der Waals surface area contributed by atoms with Crippen molar-refractivity contribution in [1.29, 1.82) is 0 Å². The lowest BCUT2D eigenvalue weighted by Gasteiger charge is -2.18. The highest BCUT2D eigenvalue weighted by atomic mass is 16.5. The van der Waals surface area contributed by atoms with Crippen molar-refractivity contribution < 1.29 is 9.53 Å². The molecule has 150 valence electrons. The SMILES string of the molecule is COc1ccc(Nc2cc(C(=O)NC3CCCCCC3)c3ccccc3n2)cc1. The number of carbonyl (C=O) groups excluding carboxylic acids is 1. The number of ether oxygens (including phenoxy) is 1. The Morgan fingerprint density at radius 2 is 1.72 bits per heavy atom. The van der Waals surface area contributed by atoms with Gasteiger partial charge in [0, 0.05) is 17.1 Å². The Balaban J connectivity index is 1.62. The predicted molar refractivity (Wildman–Crippen MR) is 117 cm³/mol. The van der Waals surface area contributed by atoms with Gasteiger partial charge in [-0.25, -0.2) is 4.98 Å². The van der Waals surface area contributed by atoms with Crippen LogP contribution in [0.15, 0.2) is 54.6 Å². The molecule has 5 heteroatoms. The van der Waals surface area contributed by atoms with Crippen LogP contribution in [0.5, 0.6) is 5.75 Å². The average molecular weight is 389 g/mol. The minimum atomic E-state index is -0.0201. The van der Waals surface area contributed by atoms with Crippen LogP contribution in [0, 0.1) is 0 Å². The first-order chi connectivity index (χ1) is 14.2. The maximum Gasteiger partial charge on any atom is 0.252 e. The summed E-state index contributed by atoms with van der Waals surface area (Å²) in [4.78, 5) is 17.8. The average Bonchev–Trinajstić information content (AvgIpc) is 3.02. The summed E-state index contributed by atoms with van der Waals surface area (Å²) in [6.07, 6.45) is 7.02. The van der Waals surface area contributed by atoms with E-state index in [9.17, 15) is 4.79 Å². The smallest absolute Gasteiger partial charge is 0.252 e. The van der Waals surface area contributed by atoms with Gasteiger partial charge in [0.1, 0.15) is 11.6 Å². The molecule has 0 radical (unpaired) electrons. The number of nitrogens with zero attached hydrogens (tertiary/aromatic N) is 1. The van der Waals surface area contributed by atoms with Crippen LogP contribution in [-0.2, 0) is 0 Å². The second-order valence-corrected chi connectivity index (χ2v) is 7.59. The zero-order valence-corrected chi connectivity index (χ0v) is 16.8. The summed E-state index contributed by atoms with van der Waals surface area (Å²) in [5.41, 5.74) is 2.36. The Morgan fingerprint density at radius 1 is 1.00 bits per heavy atom. The highest BCUT2D eigenvalue weighted by Gasteiger charge is 2.18. The van der Waals surface area contributed by atoms with Crippen molar-refractivity contribution in [3.8, 4) is 5.75 Å². The first-order valence-corrected chi connectivity index (χ1v) is 10.3. The van der Waals surface area contributed by atoms with Gasteiger partial charge in [0.15, 0.2) is 0 Å². The summed E-state index contributed by atoms with van der Waals surface area (Å²) in [6, 6.07) is 17.5. The fraction of sp³-hybridized carbons (Fsp3) is 0.333. The van der Waals surface area contributed by atoms with Gasteiger partial charge in [0.05, 0.1) is 18.2 Å². The fourth-order valence-electron chi connectivity index (χ4n) is 3.94. The van der Waals surface area contributed by atoms with Crippen LogP contribution < -0.4 is 15.4 Å². The van der Waals surface area contributed by atoms with E-state index in [2.05, 4.69) is 10.6 Å². The molecule has 0 aliphatic heterocycles. The van der Waals surface area contributed by atoms with Crippen molar-refractivity contribution in [3.05, 3.63) is 60.2 Å². The van der Waals surface area contributed by atoms with E-state index >= 15 is 0 Å². The van der Waals surface area contributed by atoms with Gasteiger partial charge in [-0.1, -0.05) is 43.9 Å². The third-order valence-corrected chi connectivity index (χ3v) is 5.51. The number of benzene rings is 2. The molecule has 0 unspecified atom stereocenters. The summed E-state index contributed by atoms with van der Waals surface area (Å²) in [5.74, 6) is 1.43. The van der Waals surface area contributed by atoms with E-state index in [1.165, 1.54) is 25.7 Å². The highest BCUT2D eigenvalue weighted by Crippen LogP contribution is 2.25. The predicted octanol–water partition coefficient (Wildman–Crippen LogP) is 5.44. The number of hydrogen-bond donors (Lipinski definition) is 2. The van der Waals surface area contributed by atoms with E-state index in [1.807, 2.05) is 54.6 Å². The first-order valence-electron chi connectivity index (χ1n) is 10.3. The molecule has 0 atom stereocenters. The molecule has 1 heterocycles. The van der Waals surface area contributed by atoms with E-state index in [1.54, 1.807) is 7.11 Å². The number of carbonyl (C=O) groups is 1. The topological polar surface area (TPSA) is 63.2 Å². The molecule has 1 saturated carbocycles. The monoisotopic (exact) mass is 389 g/mol. The Hall–Kier alpha value is -3.08. The molecule has 2 N–H and O–H groups in total. The number of para-hydroxylation sites is 1. The molecule has 29 heavy (non-hydrogen) atoms. The summed E-state index contributed by atoms with van der Waals surface area (Å²) in [6.45, 7) is 0. The molecule has 0 bridgehead atoms. The van der Waals surface area contributed by atoms with Crippen LogP contribution in [0.25, 0.3) is 10.9 Å². The normalized spacial score (nSPS) is 14.9. The molecule has 1 aromatic heterocycles. The standard InChI is InChI=1S/C24H27N3O2/c1-29-19-14-12-18(13-15-19)25-23-16-21(20-10-6-7-11-22(20)27-23)24(28)26-17-8-4-2-3-5-9-17/h6-7,10-17H,2-5,8-9H2,1H3,(H,25,27)(H,26,28). The molecular formula is C24H27N3O2. The van der Waals surface area contributed by atoms with Crippen molar-refractivity contribution in [1.82, 2.24) is 10.3 Å². The van der Waals surface area contributed by atoms with Gasteiger partial charge in [-0.15, -0.1) is 0 Å². The molecule has 5 nitrogen and oxygen atoms in total. The number of methoxy groups -OCH3 is 1. The molecule has 0 spiro atoms. The van der Waals surface area contributed by atoms with Crippen molar-refractivity contribution in [2.24, 2.45) is 0 Å². The Bertz CT molecular complexity index is 977. The van der Waals surface area contributed by atoms with E-state index in [0.29, 0.717) is 11.4 Å². The summed E-state index contributed by atoms with van der Waals surface area (Å²) in [5, 5.41) is 7.45. The summed E-state index contributed by atoms with van der Waals surface area (Å²) < 4.78 is 5.21. The van der Waals surface area contributed by atoms with Gasteiger partial charge < -0.3 is 15.4 Å². The van der Waals surface area contributed by atoms with Crippen LogP contribution in [0.4, 0.5) is 11.5 Å². The maximum absolute atomic E-state index is 13.1. The second kappa shape index (κ2) is 8.95. The second-order valence-electron chi connectivity index (χ2n) is 7.59. The maximum atomic E-state index is 13.1. The fourth-order valence-corrected chi connectivity index (χ4v) is 3.94. The minimum absolute atomic E-state index is 0.0201. The van der Waals surface area contributed by atoms with Crippen LogP contribution >= 0.6 is 0 Å². The number of aromatic nitrogens is 1. The van der Waals surface area contributed by atoms with Crippen LogP contribution in [0.1, 0.15) is 48.9 Å². The van der Waals surface area contributed by atoms with E-state index in [0.717, 1.165) is 35.2 Å². The molecule has 1 aliphatic rings. The Kier molecular flexibility index (Phi) is 5.94. The highest BCUT2D eigenvalue weighted by molar-refractivity contribution is 6.07. The van der Waals surface area contributed by atoms with Crippen molar-refractivity contribution in [2.75, 3.05) is 12.4 Å². The molecule has 1 aliphatic carbocycles. The summed E-state index contributed by atoms with van der Waals surface area (Å²) in [7, 11) is 1.65. The van der Waals surface area contributed by atoms with Gasteiger partial charge in [-0.2, -0.15) is 0 Å². The first kappa shape index (κ1) is 19.2. The number of amides is 1. The minimum Gasteiger partial charge on any atom is -0.497 e. The molecule has 2 aromatic carbocycles. The molecular weight excluding hydrogens is 362 g/mol. The van der Waals surface area contributed by atoms with Crippen LogP contribution in [-0.4, -0.2) is 24.0 Å². The molecule has 3 aromatic rings. The molecule has 1 fully saturated rings. The van der Waals surface area contributed by atoms with Crippen molar-refractivity contribution in [3.63, 3.8) is 0 Å². The van der Waals surface area contributed by atoms with Crippen molar-refractivity contribution >= 4 is 28.3 Å². The number of anilines is 2. The van der Waals surface area contributed by atoms with E-state index in [-0.39, 0.29) is 11.9 Å². The number of rotatable bonds is 5. The largest absolute Gasteiger partial charge is 0.497 e. The summed E-state index contributed by atoms with van der Waals surface area (Å²) >= 11 is 0. The van der Waals surface area contributed by atoms with Crippen LogP contribution in [0.2, 0.25) is 0 Å². The Labute approximate surface area is 171 Å². The molecule has 0 saturated heterocycles. The number of pyridine rings is 1. The number of hydrogen-bond acceptors (Lipinski definition) is 4. The number of fused-ring (bicyclic) bond motifs is 1. The Morgan fingerprint density at radius 3 is 2.45 bits per heavy atom. The van der Waals surface area contributed by atoms with Gasteiger partial charge in [0.2, 0.25) is 0 Å². The van der Waals surface area contributed by atoms with Gasteiger partial charge in [-0.3, -0.25) is 4.79 Å². The third-order valence-electron chi connectivity index (χ3n) is 5.51. The quantitative estimate of drug-likeness (QED) is 0.570. The van der Waals surface area contributed by atoms with Gasteiger partial charge in [-0.05, 0) is 49.2 Å². The van der Waals surface area contributed by atoms with Crippen LogP contribution in [0.3, 0.4) is 0 Å². The van der Waals surface area contributed by atoms with E-state index in [4.69, 9.17) is 9.72 Å². The van der Waals surface area contributed by atoms with Gasteiger partial charge in [0.25, 0.3) is 5.91 Å². The van der Waals surface area contributed by atoms with E-state index < -0.39 is 0 Å². The zero-order valence-electron chi connectivity index (χ0n) is 16.8. The van der Waals surface area contributed by atoms with Crippen molar-refractivity contribution in [2.45, 2.75) is 44.6 Å². The molecule has 4 rings (SSSR count). The molecule has 1 amide bonds. The lowest BCUT2D eigenvalue weighted by molar-refractivity contribution is 0.0935. The zero-order chi connectivity index (χ0) is 20.1.